The first-order valence-corrected chi connectivity index (χ1v) is 9.02. The Labute approximate surface area is 169 Å². The molecular weight excluding hydrogens is 436 g/mol. The van der Waals surface area contributed by atoms with E-state index in [1.807, 2.05) is 0 Å². The van der Waals surface area contributed by atoms with Gasteiger partial charge in [-0.2, -0.15) is 0 Å². The quantitative estimate of drug-likeness (QED) is 0.586. The zero-order valence-corrected chi connectivity index (χ0v) is 16.5. The first-order chi connectivity index (χ1) is 12.8. The highest BCUT2D eigenvalue weighted by Gasteiger charge is 2.20. The fraction of sp³-hybridized carbons (Fsp3) is 0.105. The topological polar surface area (TPSA) is 95.5 Å². The molecule has 0 spiro atoms. The predicted octanol–water partition coefficient (Wildman–Crippen LogP) is 3.46. The molecule has 0 unspecified atom stereocenters. The highest BCUT2D eigenvalue weighted by molar-refractivity contribution is 9.10. The number of benzene rings is 2. The van der Waals surface area contributed by atoms with Crippen LogP contribution in [0.3, 0.4) is 0 Å². The van der Waals surface area contributed by atoms with Crippen molar-refractivity contribution in [3.63, 3.8) is 0 Å². The summed E-state index contributed by atoms with van der Waals surface area (Å²) in [6.45, 7) is 1.33. The van der Waals surface area contributed by atoms with Gasteiger partial charge in [-0.05, 0) is 58.8 Å². The van der Waals surface area contributed by atoms with Gasteiger partial charge in [-0.25, -0.2) is 0 Å². The zero-order chi connectivity index (χ0) is 20.0. The molecule has 0 aliphatic carbocycles. The second kappa shape index (κ2) is 9.34. The van der Waals surface area contributed by atoms with E-state index >= 15 is 0 Å². The van der Waals surface area contributed by atoms with Crippen LogP contribution in [0.15, 0.2) is 58.7 Å². The van der Waals surface area contributed by atoms with Gasteiger partial charge in [-0.15, -0.1) is 0 Å². The summed E-state index contributed by atoms with van der Waals surface area (Å²) in [5, 5.41) is 14.4. The second-order valence-corrected chi connectivity index (χ2v) is 6.87. The summed E-state index contributed by atoms with van der Waals surface area (Å²) in [6, 6.07) is 12.2. The lowest BCUT2D eigenvalue weighted by Gasteiger charge is -2.14. The van der Waals surface area contributed by atoms with Crippen molar-refractivity contribution in [1.29, 1.82) is 0 Å². The number of carboxylic acid groups (broad SMARTS) is 1. The van der Waals surface area contributed by atoms with Crippen molar-refractivity contribution in [2.24, 2.45) is 0 Å². The minimum atomic E-state index is -1.19. The number of rotatable bonds is 6. The normalized spacial score (nSPS) is 12.2. The molecule has 2 aromatic rings. The molecule has 27 heavy (non-hydrogen) atoms. The van der Waals surface area contributed by atoms with Crippen molar-refractivity contribution < 1.29 is 19.5 Å². The third-order valence-corrected chi connectivity index (χ3v) is 4.45. The van der Waals surface area contributed by atoms with E-state index in [2.05, 4.69) is 26.6 Å². The van der Waals surface area contributed by atoms with Gasteiger partial charge < -0.3 is 15.7 Å². The summed E-state index contributed by atoms with van der Waals surface area (Å²) < 4.78 is 0.563. The molecule has 140 valence electrons. The summed E-state index contributed by atoms with van der Waals surface area (Å²) >= 11 is 9.14. The Morgan fingerprint density at radius 3 is 2.33 bits per heavy atom. The zero-order valence-electron chi connectivity index (χ0n) is 14.2. The third kappa shape index (κ3) is 5.94. The van der Waals surface area contributed by atoms with Crippen molar-refractivity contribution >= 4 is 51.4 Å². The third-order valence-electron chi connectivity index (χ3n) is 3.51. The summed E-state index contributed by atoms with van der Waals surface area (Å²) in [4.78, 5) is 36.0. The van der Waals surface area contributed by atoms with E-state index in [4.69, 9.17) is 16.7 Å². The van der Waals surface area contributed by atoms with Crippen LogP contribution in [0.2, 0.25) is 5.02 Å². The van der Waals surface area contributed by atoms with Crippen LogP contribution in [0.1, 0.15) is 22.8 Å². The molecule has 2 amide bonds. The van der Waals surface area contributed by atoms with Crippen LogP contribution in [0, 0.1) is 0 Å². The monoisotopic (exact) mass is 450 g/mol. The Kier molecular flexibility index (Phi) is 7.15. The predicted molar refractivity (Wildman–Crippen MR) is 106 cm³/mol. The van der Waals surface area contributed by atoms with E-state index in [1.54, 1.807) is 48.5 Å². The summed E-state index contributed by atoms with van der Waals surface area (Å²) in [6.07, 6.45) is 1.44. The molecule has 0 aliphatic heterocycles. The van der Waals surface area contributed by atoms with E-state index < -0.39 is 23.8 Å². The summed E-state index contributed by atoms with van der Waals surface area (Å²) in [5.74, 6) is -2.42. The first-order valence-electron chi connectivity index (χ1n) is 7.84. The fourth-order valence-electron chi connectivity index (χ4n) is 2.06. The highest BCUT2D eigenvalue weighted by atomic mass is 79.9. The SMILES string of the molecule is C[C@@H](NC(=O)/C(=C\c1ccc(Cl)cc1)NC(=O)c1ccccc1Br)C(=O)O. The van der Waals surface area contributed by atoms with E-state index in [-0.39, 0.29) is 5.70 Å². The number of halogens is 2. The molecule has 1 atom stereocenters. The lowest BCUT2D eigenvalue weighted by Crippen LogP contribution is -2.42. The van der Waals surface area contributed by atoms with Gasteiger partial charge in [0.2, 0.25) is 0 Å². The number of aliphatic carboxylic acids is 1. The van der Waals surface area contributed by atoms with Crippen molar-refractivity contribution in [2.75, 3.05) is 0 Å². The molecule has 6 nitrogen and oxygen atoms in total. The van der Waals surface area contributed by atoms with Gasteiger partial charge in [-0.3, -0.25) is 14.4 Å². The molecule has 0 saturated heterocycles. The second-order valence-electron chi connectivity index (χ2n) is 5.58. The van der Waals surface area contributed by atoms with Gasteiger partial charge >= 0.3 is 5.97 Å². The lowest BCUT2D eigenvalue weighted by molar-refractivity contribution is -0.140. The first kappa shape index (κ1) is 20.7. The Balaban J connectivity index is 2.32. The van der Waals surface area contributed by atoms with E-state index in [0.717, 1.165) is 0 Å². The van der Waals surface area contributed by atoms with Gasteiger partial charge in [0.05, 0.1) is 5.56 Å². The smallest absolute Gasteiger partial charge is 0.325 e. The molecule has 0 fully saturated rings. The van der Waals surface area contributed by atoms with Gasteiger partial charge in [0.25, 0.3) is 11.8 Å². The molecule has 0 saturated carbocycles. The maximum atomic E-state index is 12.5. The van der Waals surface area contributed by atoms with Crippen LogP contribution in [0.4, 0.5) is 0 Å². The standard InChI is InChI=1S/C19H16BrClN2O4/c1-11(19(26)27)22-18(25)16(10-12-6-8-13(21)9-7-12)23-17(24)14-4-2-3-5-15(14)20/h2-11H,1H3,(H,22,25)(H,23,24)(H,26,27)/b16-10+/t11-/m1/s1. The summed E-state index contributed by atoms with van der Waals surface area (Å²) in [5.41, 5.74) is 0.852. The van der Waals surface area contributed by atoms with Gasteiger partial charge in [0, 0.05) is 9.50 Å². The van der Waals surface area contributed by atoms with E-state index in [9.17, 15) is 14.4 Å². The molecule has 0 aliphatic rings. The number of hydrogen-bond acceptors (Lipinski definition) is 3. The Hall–Kier alpha value is -2.64. The minimum absolute atomic E-state index is 0.0915. The van der Waals surface area contributed by atoms with Crippen molar-refractivity contribution in [1.82, 2.24) is 10.6 Å². The fourth-order valence-corrected chi connectivity index (χ4v) is 2.65. The number of hydrogen-bond donors (Lipinski definition) is 3. The number of amides is 2. The Morgan fingerprint density at radius 1 is 1.11 bits per heavy atom. The van der Waals surface area contributed by atoms with Crippen molar-refractivity contribution in [3.05, 3.63) is 74.9 Å². The lowest BCUT2D eigenvalue weighted by atomic mass is 10.1. The maximum absolute atomic E-state index is 12.5. The molecule has 0 aromatic heterocycles. The maximum Gasteiger partial charge on any atom is 0.325 e. The van der Waals surface area contributed by atoms with Crippen LogP contribution >= 0.6 is 27.5 Å². The van der Waals surface area contributed by atoms with Crippen LogP contribution in [0.25, 0.3) is 6.08 Å². The Bertz CT molecular complexity index is 897. The van der Waals surface area contributed by atoms with Crippen LogP contribution < -0.4 is 10.6 Å². The highest BCUT2D eigenvalue weighted by Crippen LogP contribution is 2.17. The largest absolute Gasteiger partial charge is 0.480 e. The Morgan fingerprint density at radius 2 is 1.74 bits per heavy atom. The average molecular weight is 452 g/mol. The molecule has 0 radical (unpaired) electrons. The number of carbonyl (C=O) groups excluding carboxylic acids is 2. The van der Waals surface area contributed by atoms with Gasteiger partial charge in [0.15, 0.2) is 0 Å². The van der Waals surface area contributed by atoms with Crippen LogP contribution in [-0.4, -0.2) is 28.9 Å². The van der Waals surface area contributed by atoms with Crippen LogP contribution in [0.5, 0.6) is 0 Å². The molecular formula is C19H16BrClN2O4. The number of carbonyl (C=O) groups is 3. The van der Waals surface area contributed by atoms with E-state index in [1.165, 1.54) is 13.0 Å². The summed E-state index contributed by atoms with van der Waals surface area (Å²) in [7, 11) is 0. The van der Waals surface area contributed by atoms with E-state index in [0.29, 0.717) is 20.6 Å². The molecule has 8 heteroatoms. The van der Waals surface area contributed by atoms with Crippen molar-refractivity contribution in [3.8, 4) is 0 Å². The van der Waals surface area contributed by atoms with Crippen molar-refractivity contribution in [2.45, 2.75) is 13.0 Å². The molecule has 3 N–H and O–H groups in total. The minimum Gasteiger partial charge on any atom is -0.480 e. The molecule has 0 bridgehead atoms. The molecule has 2 aromatic carbocycles. The van der Waals surface area contributed by atoms with Crippen LogP contribution in [-0.2, 0) is 9.59 Å². The average Bonchev–Trinajstić information content (AvgIpc) is 2.63. The van der Waals surface area contributed by atoms with Gasteiger partial charge in [-0.1, -0.05) is 35.9 Å². The number of nitrogens with one attached hydrogen (secondary N) is 2. The molecule has 2 rings (SSSR count). The van der Waals surface area contributed by atoms with Gasteiger partial charge in [0.1, 0.15) is 11.7 Å². The molecule has 0 heterocycles. The number of carboxylic acids is 1.